The van der Waals surface area contributed by atoms with Gasteiger partial charge in [-0.15, -0.1) is 0 Å². The lowest BCUT2D eigenvalue weighted by Gasteiger charge is -2.33. The first-order valence-corrected chi connectivity index (χ1v) is 16.8. The van der Waals surface area contributed by atoms with Crippen molar-refractivity contribution >= 4 is 40.9 Å². The van der Waals surface area contributed by atoms with Crippen LogP contribution in [-0.2, 0) is 27.4 Å². The number of hydrogen-bond donors (Lipinski definition) is 3. The number of carbonyl (C=O) groups is 2. The Hall–Kier alpha value is -4.71. The highest BCUT2D eigenvalue weighted by Gasteiger charge is 2.29. The molecule has 1 fully saturated rings. The first-order valence-electron chi connectivity index (χ1n) is 15.9. The van der Waals surface area contributed by atoms with Gasteiger partial charge in [-0.3, -0.25) is 0 Å². The van der Waals surface area contributed by atoms with E-state index in [2.05, 4.69) is 59.8 Å². The highest BCUT2D eigenvalue weighted by Crippen LogP contribution is 2.32. The number of rotatable bonds is 12. The van der Waals surface area contributed by atoms with Crippen LogP contribution in [0.25, 0.3) is 0 Å². The number of amides is 1. The lowest BCUT2D eigenvalue weighted by molar-refractivity contribution is -0.156. The molecule has 0 saturated carbocycles. The Labute approximate surface area is 280 Å². The summed E-state index contributed by atoms with van der Waals surface area (Å²) >= 11 is 1.69. The molecule has 5 rings (SSSR count). The van der Waals surface area contributed by atoms with Gasteiger partial charge in [0.1, 0.15) is 42.0 Å². The first-order chi connectivity index (χ1) is 22.6. The largest absolute Gasteiger partial charge is 0.458 e. The number of piperidine rings is 1. The summed E-state index contributed by atoms with van der Waals surface area (Å²) < 4.78 is 10.9. The Kier molecular flexibility index (Phi) is 11.3. The van der Waals surface area contributed by atoms with E-state index in [9.17, 15) is 9.59 Å². The molecule has 47 heavy (non-hydrogen) atoms. The van der Waals surface area contributed by atoms with Crippen molar-refractivity contribution < 1.29 is 19.1 Å². The lowest BCUT2D eigenvalue weighted by Crippen LogP contribution is -2.48. The van der Waals surface area contributed by atoms with Gasteiger partial charge in [-0.05, 0) is 80.6 Å². The Balaban J connectivity index is 1.18. The summed E-state index contributed by atoms with van der Waals surface area (Å²) in [5.74, 6) is 2.09. The van der Waals surface area contributed by atoms with Crippen LogP contribution in [0.15, 0.2) is 71.7 Å². The van der Waals surface area contributed by atoms with Crippen LogP contribution in [0.5, 0.6) is 0 Å². The fourth-order valence-electron chi connectivity index (χ4n) is 5.36. The summed E-state index contributed by atoms with van der Waals surface area (Å²) in [7, 11) is 0. The molecule has 4 heterocycles. The van der Waals surface area contributed by atoms with Gasteiger partial charge in [-0.2, -0.15) is 11.3 Å². The predicted molar refractivity (Wildman–Crippen MR) is 185 cm³/mol. The van der Waals surface area contributed by atoms with Crippen LogP contribution in [0, 0.1) is 6.92 Å². The number of thiophene rings is 1. The van der Waals surface area contributed by atoms with Gasteiger partial charge in [0.05, 0.1) is 0 Å². The number of nitrogens with zero attached hydrogens (tertiary/aromatic N) is 4. The van der Waals surface area contributed by atoms with Crippen molar-refractivity contribution in [2.75, 3.05) is 35.2 Å². The minimum Gasteiger partial charge on any atom is -0.458 e. The second-order valence-electron chi connectivity index (χ2n) is 12.5. The van der Waals surface area contributed by atoms with Gasteiger partial charge in [-0.1, -0.05) is 36.4 Å². The van der Waals surface area contributed by atoms with Crippen LogP contribution in [-0.4, -0.2) is 58.3 Å². The molecule has 1 aliphatic rings. The van der Waals surface area contributed by atoms with Gasteiger partial charge in [0.15, 0.2) is 0 Å². The zero-order valence-corrected chi connectivity index (χ0v) is 28.2. The number of esters is 1. The van der Waals surface area contributed by atoms with Crippen LogP contribution in [0.1, 0.15) is 61.9 Å². The number of ether oxygens (including phenoxy) is 2. The van der Waals surface area contributed by atoms with Crippen molar-refractivity contribution in [3.63, 3.8) is 0 Å². The maximum absolute atomic E-state index is 13.1. The summed E-state index contributed by atoms with van der Waals surface area (Å²) in [5, 5.41) is 13.6. The Morgan fingerprint density at radius 2 is 1.79 bits per heavy atom. The molecule has 0 aliphatic carbocycles. The molecule has 0 bridgehead atoms. The number of carbonyl (C=O) groups excluding carboxylic acids is 2. The Morgan fingerprint density at radius 3 is 2.51 bits per heavy atom. The molecule has 0 radical (unpaired) electrons. The molecule has 12 heteroatoms. The van der Waals surface area contributed by atoms with E-state index in [-0.39, 0.29) is 13.2 Å². The summed E-state index contributed by atoms with van der Waals surface area (Å²) in [6.45, 7) is 9.84. The van der Waals surface area contributed by atoms with E-state index in [0.29, 0.717) is 11.7 Å². The van der Waals surface area contributed by atoms with Gasteiger partial charge < -0.3 is 30.3 Å². The van der Waals surface area contributed by atoms with Gasteiger partial charge in [-0.25, -0.2) is 24.5 Å². The van der Waals surface area contributed by atoms with Crippen LogP contribution < -0.4 is 20.9 Å². The standard InChI is InChI=1S/C35H43N7O4S/c1-24-31(37-20-29(33(43)46-35(2,3)4)41-34(44)45-21-25-9-6-5-7-10-25)38-23-39-32(24)42-16-13-27(14-17-42)28-11-8-12-30(40-28)36-19-26-15-18-47-22-26/h5-12,15,18,22-23,27,29H,13-14,16-17,19-21H2,1-4H3,(H,36,40)(H,41,44)(H,37,38,39). The van der Waals surface area contributed by atoms with Crippen molar-refractivity contribution in [2.45, 2.75) is 71.2 Å². The zero-order chi connectivity index (χ0) is 33.2. The predicted octanol–water partition coefficient (Wildman–Crippen LogP) is 6.29. The zero-order valence-electron chi connectivity index (χ0n) is 27.4. The third-order valence-electron chi connectivity index (χ3n) is 7.76. The molecule has 248 valence electrons. The molecule has 3 N–H and O–H groups in total. The average molecular weight is 658 g/mol. The van der Waals surface area contributed by atoms with Crippen molar-refractivity contribution in [3.8, 4) is 0 Å². The number of nitrogens with one attached hydrogen (secondary N) is 3. The summed E-state index contributed by atoms with van der Waals surface area (Å²) in [6, 6.07) is 16.7. The van der Waals surface area contributed by atoms with Crippen LogP contribution in [0.4, 0.5) is 22.2 Å². The molecule has 1 aliphatic heterocycles. The molecule has 3 aromatic heterocycles. The number of hydrogen-bond acceptors (Lipinski definition) is 11. The molecule has 11 nitrogen and oxygen atoms in total. The molecule has 1 amide bonds. The fourth-order valence-corrected chi connectivity index (χ4v) is 6.03. The molecule has 1 unspecified atom stereocenters. The average Bonchev–Trinajstić information content (AvgIpc) is 3.59. The van der Waals surface area contributed by atoms with E-state index >= 15 is 0 Å². The molecular weight excluding hydrogens is 614 g/mol. The highest BCUT2D eigenvalue weighted by molar-refractivity contribution is 7.07. The van der Waals surface area contributed by atoms with Gasteiger partial charge in [0.25, 0.3) is 0 Å². The summed E-state index contributed by atoms with van der Waals surface area (Å²) in [4.78, 5) is 41.9. The fraction of sp³-hybridized carbons (Fsp3) is 0.400. The minimum absolute atomic E-state index is 0.0528. The summed E-state index contributed by atoms with van der Waals surface area (Å²) in [5.41, 5.74) is 3.33. The van der Waals surface area contributed by atoms with Crippen LogP contribution in [0.3, 0.4) is 0 Å². The number of alkyl carbamates (subject to hydrolysis) is 1. The molecule has 1 atom stereocenters. The minimum atomic E-state index is -1.01. The van der Waals surface area contributed by atoms with Crippen molar-refractivity contribution in [2.24, 2.45) is 0 Å². The van der Waals surface area contributed by atoms with E-state index in [0.717, 1.165) is 60.9 Å². The van der Waals surface area contributed by atoms with Crippen LogP contribution in [0.2, 0.25) is 0 Å². The van der Waals surface area contributed by atoms with E-state index in [1.54, 1.807) is 32.1 Å². The second-order valence-corrected chi connectivity index (χ2v) is 13.3. The molecule has 1 saturated heterocycles. The smallest absolute Gasteiger partial charge is 0.408 e. The first kappa shape index (κ1) is 33.6. The number of pyridine rings is 1. The third kappa shape index (κ3) is 9.89. The van der Waals surface area contributed by atoms with Crippen molar-refractivity contribution in [1.82, 2.24) is 20.3 Å². The van der Waals surface area contributed by atoms with Gasteiger partial charge in [0.2, 0.25) is 0 Å². The maximum atomic E-state index is 13.1. The van der Waals surface area contributed by atoms with Gasteiger partial charge in [0, 0.05) is 43.4 Å². The number of benzene rings is 1. The highest BCUT2D eigenvalue weighted by atomic mass is 32.1. The van der Waals surface area contributed by atoms with E-state index in [1.165, 1.54) is 11.9 Å². The van der Waals surface area contributed by atoms with Crippen molar-refractivity contribution in [1.29, 1.82) is 0 Å². The molecule has 0 spiro atoms. The van der Waals surface area contributed by atoms with Crippen molar-refractivity contribution in [3.05, 3.63) is 94.1 Å². The molecule has 4 aromatic rings. The van der Waals surface area contributed by atoms with E-state index < -0.39 is 23.7 Å². The lowest BCUT2D eigenvalue weighted by atomic mass is 9.93. The topological polar surface area (TPSA) is 131 Å². The maximum Gasteiger partial charge on any atom is 0.408 e. The quantitative estimate of drug-likeness (QED) is 0.150. The monoisotopic (exact) mass is 657 g/mol. The Morgan fingerprint density at radius 1 is 1.00 bits per heavy atom. The molecular formula is C35H43N7O4S. The second kappa shape index (κ2) is 15.7. The third-order valence-corrected chi connectivity index (χ3v) is 8.50. The SMILES string of the molecule is Cc1c(NCC(NC(=O)OCc2ccccc2)C(=O)OC(C)(C)C)ncnc1N1CCC(c2cccc(NCc3ccsc3)n2)CC1. The summed E-state index contributed by atoms with van der Waals surface area (Å²) in [6.07, 6.45) is 2.70. The number of aromatic nitrogens is 3. The normalized spacial score (nSPS) is 14.3. The van der Waals surface area contributed by atoms with E-state index in [4.69, 9.17) is 14.5 Å². The van der Waals surface area contributed by atoms with Gasteiger partial charge >= 0.3 is 12.1 Å². The van der Waals surface area contributed by atoms with Crippen LogP contribution >= 0.6 is 11.3 Å². The Bertz CT molecular complexity index is 1600. The molecule has 1 aromatic carbocycles. The number of anilines is 3. The van der Waals surface area contributed by atoms with E-state index in [1.807, 2.05) is 43.3 Å².